The third-order valence-electron chi connectivity index (χ3n) is 5.03. The van der Waals surface area contributed by atoms with Gasteiger partial charge in [-0.3, -0.25) is 19.3 Å². The third kappa shape index (κ3) is 5.23. The Labute approximate surface area is 201 Å². The number of primary amides is 1. The van der Waals surface area contributed by atoms with E-state index in [1.165, 1.54) is 39.8 Å². The third-order valence-corrected chi connectivity index (χ3v) is 8.56. The van der Waals surface area contributed by atoms with E-state index in [1.807, 2.05) is 30.3 Å². The molecule has 2 aromatic rings. The average molecular weight is 505 g/mol. The standard InChI is InChI=1S/C21H20N4O5S3/c22-14(26)7-6-12-9-32-21(23-12)33-13-10-31-19-16(18(28)25(19)17(13)20(29)30)24-15(27)8-11-4-2-1-3-5-11/h1-5,9,16,19H,6-8,10H2,(H2,22,26)(H,24,27)(H,29,30)/t16-,19-/m1/s1. The van der Waals surface area contributed by atoms with Crippen molar-refractivity contribution < 1.29 is 24.3 Å². The second kappa shape index (κ2) is 9.98. The van der Waals surface area contributed by atoms with E-state index in [-0.39, 0.29) is 24.4 Å². The van der Waals surface area contributed by atoms with Crippen LogP contribution in [0.3, 0.4) is 0 Å². The number of aromatic nitrogens is 1. The maximum atomic E-state index is 12.8. The first-order valence-corrected chi connectivity index (χ1v) is 12.7. The Kier molecular flexibility index (Phi) is 7.05. The van der Waals surface area contributed by atoms with Gasteiger partial charge in [0.1, 0.15) is 17.1 Å². The van der Waals surface area contributed by atoms with Crippen LogP contribution >= 0.6 is 34.9 Å². The van der Waals surface area contributed by atoms with Gasteiger partial charge in [-0.1, -0.05) is 42.1 Å². The lowest BCUT2D eigenvalue weighted by molar-refractivity contribution is -0.150. The molecular formula is C21H20N4O5S3. The van der Waals surface area contributed by atoms with Crippen molar-refractivity contribution in [2.24, 2.45) is 5.73 Å². The summed E-state index contributed by atoms with van der Waals surface area (Å²) in [6, 6.07) is 8.43. The molecule has 4 rings (SSSR count). The largest absolute Gasteiger partial charge is 0.477 e. The number of carboxylic acid groups (broad SMARTS) is 1. The Morgan fingerprint density at radius 3 is 2.73 bits per heavy atom. The van der Waals surface area contributed by atoms with E-state index in [0.29, 0.717) is 27.1 Å². The zero-order valence-electron chi connectivity index (χ0n) is 17.2. The minimum absolute atomic E-state index is 0.0730. The number of nitrogens with one attached hydrogen (secondary N) is 1. The number of aliphatic carboxylic acids is 1. The number of thioether (sulfide) groups is 2. The number of β-lactam (4-membered cyclic amide) rings is 1. The quantitative estimate of drug-likeness (QED) is 0.437. The maximum absolute atomic E-state index is 12.8. The number of carbonyl (C=O) groups excluding carboxylic acids is 3. The molecule has 1 aromatic carbocycles. The number of rotatable bonds is 9. The molecule has 4 N–H and O–H groups in total. The fourth-order valence-corrected chi connectivity index (χ4v) is 6.99. The molecule has 2 atom stereocenters. The monoisotopic (exact) mass is 504 g/mol. The van der Waals surface area contributed by atoms with Gasteiger partial charge in [0.25, 0.3) is 5.91 Å². The lowest BCUT2D eigenvalue weighted by Crippen LogP contribution is -2.70. The molecule has 3 amide bonds. The van der Waals surface area contributed by atoms with Crippen LogP contribution in [0, 0.1) is 0 Å². The van der Waals surface area contributed by atoms with Crippen LogP contribution in [0.2, 0.25) is 0 Å². The molecule has 0 bridgehead atoms. The lowest BCUT2D eigenvalue weighted by atomic mass is 10.0. The molecule has 9 nitrogen and oxygen atoms in total. The number of benzene rings is 1. The Bertz CT molecular complexity index is 1130. The summed E-state index contributed by atoms with van der Waals surface area (Å²) >= 11 is 3.95. The molecule has 172 valence electrons. The van der Waals surface area contributed by atoms with Gasteiger partial charge >= 0.3 is 5.97 Å². The van der Waals surface area contributed by atoms with Crippen LogP contribution in [0.25, 0.3) is 0 Å². The normalized spacial score (nSPS) is 19.6. The van der Waals surface area contributed by atoms with Gasteiger partial charge in [-0.25, -0.2) is 9.78 Å². The van der Waals surface area contributed by atoms with E-state index < -0.39 is 29.2 Å². The summed E-state index contributed by atoms with van der Waals surface area (Å²) in [5, 5.41) is 13.9. The molecule has 1 saturated heterocycles. The molecule has 2 aliphatic rings. The first kappa shape index (κ1) is 23.3. The molecule has 0 aliphatic carbocycles. The summed E-state index contributed by atoms with van der Waals surface area (Å²) in [7, 11) is 0. The van der Waals surface area contributed by atoms with Crippen molar-refractivity contribution >= 4 is 58.6 Å². The van der Waals surface area contributed by atoms with Crippen molar-refractivity contribution in [3.05, 3.63) is 57.6 Å². The number of carbonyl (C=O) groups is 4. The van der Waals surface area contributed by atoms with Crippen molar-refractivity contribution in [1.29, 1.82) is 0 Å². The number of aryl methyl sites for hydroxylation is 1. The summed E-state index contributed by atoms with van der Waals surface area (Å²) in [6.07, 6.45) is 0.754. The van der Waals surface area contributed by atoms with E-state index in [9.17, 15) is 24.3 Å². The van der Waals surface area contributed by atoms with Gasteiger partial charge in [0.15, 0.2) is 4.34 Å². The van der Waals surface area contributed by atoms with Gasteiger partial charge in [0, 0.05) is 22.5 Å². The van der Waals surface area contributed by atoms with E-state index in [1.54, 1.807) is 5.38 Å². The highest BCUT2D eigenvalue weighted by Gasteiger charge is 2.54. The molecule has 1 fully saturated rings. The second-order valence-corrected chi connectivity index (χ2v) is 10.7. The molecule has 0 saturated carbocycles. The summed E-state index contributed by atoms with van der Waals surface area (Å²) in [6.45, 7) is 0. The zero-order valence-corrected chi connectivity index (χ0v) is 19.7. The fourth-order valence-electron chi connectivity index (χ4n) is 3.48. The number of hydrogen-bond acceptors (Lipinski definition) is 8. The Morgan fingerprint density at radius 1 is 1.27 bits per heavy atom. The van der Waals surface area contributed by atoms with Crippen LogP contribution in [0.4, 0.5) is 0 Å². The van der Waals surface area contributed by atoms with Gasteiger partial charge in [-0.05, 0) is 12.0 Å². The van der Waals surface area contributed by atoms with E-state index in [4.69, 9.17) is 5.73 Å². The van der Waals surface area contributed by atoms with Gasteiger partial charge in [0.2, 0.25) is 11.8 Å². The smallest absolute Gasteiger partial charge is 0.353 e. The zero-order chi connectivity index (χ0) is 23.5. The molecule has 2 aliphatic heterocycles. The minimum atomic E-state index is -1.20. The number of fused-ring (bicyclic) bond motifs is 1. The molecule has 0 spiro atoms. The van der Waals surface area contributed by atoms with E-state index in [2.05, 4.69) is 10.3 Å². The van der Waals surface area contributed by atoms with E-state index in [0.717, 1.165) is 5.56 Å². The predicted octanol–water partition coefficient (Wildman–Crippen LogP) is 1.59. The highest BCUT2D eigenvalue weighted by atomic mass is 32.2. The number of nitrogens with zero attached hydrogens (tertiary/aromatic N) is 2. The number of carboxylic acids is 1. The number of thiazole rings is 1. The van der Waals surface area contributed by atoms with Crippen LogP contribution in [-0.4, -0.2) is 55.8 Å². The molecule has 0 unspecified atom stereocenters. The molecular weight excluding hydrogens is 484 g/mol. The summed E-state index contributed by atoms with van der Waals surface area (Å²) < 4.78 is 0.628. The van der Waals surface area contributed by atoms with Gasteiger partial charge in [-0.15, -0.1) is 23.1 Å². The topological polar surface area (TPSA) is 143 Å². The molecule has 3 heterocycles. The van der Waals surface area contributed by atoms with Crippen LogP contribution < -0.4 is 11.1 Å². The van der Waals surface area contributed by atoms with Gasteiger partial charge in [-0.2, -0.15) is 0 Å². The number of nitrogens with two attached hydrogens (primary N) is 1. The fraction of sp³-hybridized carbons (Fsp3) is 0.286. The maximum Gasteiger partial charge on any atom is 0.353 e. The molecule has 0 radical (unpaired) electrons. The number of hydrogen-bond donors (Lipinski definition) is 3. The summed E-state index contributed by atoms with van der Waals surface area (Å²) in [5.41, 5.74) is 6.64. The van der Waals surface area contributed by atoms with Crippen molar-refractivity contribution in [2.75, 3.05) is 5.75 Å². The Hall–Kier alpha value is -2.83. The summed E-state index contributed by atoms with van der Waals surface area (Å²) in [4.78, 5) is 54.3. The Balaban J connectivity index is 1.44. The van der Waals surface area contributed by atoms with Crippen molar-refractivity contribution in [3.63, 3.8) is 0 Å². The summed E-state index contributed by atoms with van der Waals surface area (Å²) in [5.74, 6) is -1.96. The SMILES string of the molecule is NC(=O)CCc1csc(SC2=C(C(=O)O)N3C(=O)[C@@H](NC(=O)Cc4ccccc4)[C@H]3SC2)n1. The predicted molar refractivity (Wildman–Crippen MR) is 125 cm³/mol. The lowest BCUT2D eigenvalue weighted by Gasteiger charge is -2.49. The van der Waals surface area contributed by atoms with Crippen molar-refractivity contribution in [1.82, 2.24) is 15.2 Å². The highest BCUT2D eigenvalue weighted by Crippen LogP contribution is 2.45. The van der Waals surface area contributed by atoms with Crippen molar-refractivity contribution in [2.45, 2.75) is 35.0 Å². The van der Waals surface area contributed by atoms with Crippen LogP contribution in [-0.2, 0) is 32.0 Å². The second-order valence-electron chi connectivity index (χ2n) is 7.37. The minimum Gasteiger partial charge on any atom is -0.477 e. The molecule has 12 heteroatoms. The molecule has 1 aromatic heterocycles. The van der Waals surface area contributed by atoms with Crippen LogP contribution in [0.1, 0.15) is 17.7 Å². The van der Waals surface area contributed by atoms with Crippen molar-refractivity contribution in [3.8, 4) is 0 Å². The first-order valence-electron chi connectivity index (χ1n) is 9.98. The van der Waals surface area contributed by atoms with E-state index >= 15 is 0 Å². The van der Waals surface area contributed by atoms with Crippen LogP contribution in [0.5, 0.6) is 0 Å². The Morgan fingerprint density at radius 2 is 2.03 bits per heavy atom. The van der Waals surface area contributed by atoms with Gasteiger partial charge in [0.05, 0.1) is 12.1 Å². The number of amides is 3. The highest BCUT2D eigenvalue weighted by molar-refractivity contribution is 8.07. The van der Waals surface area contributed by atoms with Crippen LogP contribution in [0.15, 0.2) is 50.7 Å². The molecule has 33 heavy (non-hydrogen) atoms. The first-order chi connectivity index (χ1) is 15.8. The average Bonchev–Trinajstić information content (AvgIpc) is 3.23. The van der Waals surface area contributed by atoms with Gasteiger partial charge < -0.3 is 16.2 Å².